The minimum atomic E-state index is -4.44. The van der Waals surface area contributed by atoms with E-state index in [1.54, 1.807) is 12.4 Å². The summed E-state index contributed by atoms with van der Waals surface area (Å²) in [5.41, 5.74) is 1.54. The minimum Gasteiger partial charge on any atom is -0.472 e. The van der Waals surface area contributed by atoms with Crippen molar-refractivity contribution in [2.75, 3.05) is 6.54 Å². The van der Waals surface area contributed by atoms with Crippen molar-refractivity contribution in [2.45, 2.75) is 31.2 Å². The number of benzene rings is 1. The summed E-state index contributed by atoms with van der Waals surface area (Å²) >= 11 is 0. The van der Waals surface area contributed by atoms with Crippen molar-refractivity contribution in [1.82, 2.24) is 14.9 Å². The first-order valence-corrected chi connectivity index (χ1v) is 10.4. The lowest BCUT2D eigenvalue weighted by molar-refractivity contribution is -0.137. The lowest BCUT2D eigenvalue weighted by atomic mass is 9.98. The molecule has 0 N–H and O–H groups in total. The third-order valence-corrected chi connectivity index (χ3v) is 6.17. The van der Waals surface area contributed by atoms with Gasteiger partial charge in [-0.25, -0.2) is 4.98 Å². The van der Waals surface area contributed by atoms with E-state index in [1.165, 1.54) is 6.07 Å². The maximum Gasteiger partial charge on any atom is 0.417 e. The normalized spacial score (nSPS) is 22.2. The molecule has 1 aliphatic heterocycles. The number of hydrogen-bond acceptors (Lipinski definition) is 4. The van der Waals surface area contributed by atoms with E-state index in [0.29, 0.717) is 18.0 Å². The highest BCUT2D eigenvalue weighted by atomic mass is 19.4. The first kappa shape index (κ1) is 20.5. The number of nitrogens with zero attached hydrogens (tertiary/aromatic N) is 3. The van der Waals surface area contributed by atoms with Gasteiger partial charge >= 0.3 is 6.18 Å². The van der Waals surface area contributed by atoms with Gasteiger partial charge in [0.15, 0.2) is 0 Å². The maximum atomic E-state index is 13.5. The van der Waals surface area contributed by atoms with Crippen molar-refractivity contribution >= 4 is 5.91 Å². The van der Waals surface area contributed by atoms with E-state index in [-0.39, 0.29) is 23.9 Å². The van der Waals surface area contributed by atoms with Crippen LogP contribution < -0.4 is 4.74 Å². The molecule has 164 valence electrons. The topological polar surface area (TPSA) is 55.3 Å². The fourth-order valence-electron chi connectivity index (χ4n) is 4.71. The Labute approximate surface area is 182 Å². The Balaban J connectivity index is 1.35. The number of hydrogen-bond donors (Lipinski definition) is 0. The summed E-state index contributed by atoms with van der Waals surface area (Å²) < 4.78 is 44.3. The average Bonchev–Trinajstić information content (AvgIpc) is 3.40. The van der Waals surface area contributed by atoms with Gasteiger partial charge in [-0.05, 0) is 54.2 Å². The molecule has 1 amide bonds. The van der Waals surface area contributed by atoms with Gasteiger partial charge in [0.2, 0.25) is 5.88 Å². The van der Waals surface area contributed by atoms with E-state index in [9.17, 15) is 18.0 Å². The molecule has 0 radical (unpaired) electrons. The summed E-state index contributed by atoms with van der Waals surface area (Å²) in [7, 11) is 0. The molecule has 1 saturated carbocycles. The van der Waals surface area contributed by atoms with Gasteiger partial charge in [0.05, 0.1) is 11.6 Å². The monoisotopic (exact) mass is 439 g/mol. The zero-order valence-corrected chi connectivity index (χ0v) is 17.0. The summed E-state index contributed by atoms with van der Waals surface area (Å²) in [6, 6.07) is 13.3. The number of likely N-dealkylation sites (tertiary alicyclic amines) is 1. The molecule has 0 spiro atoms. The van der Waals surface area contributed by atoms with Crippen LogP contribution in [0.5, 0.6) is 5.88 Å². The van der Waals surface area contributed by atoms with Crippen molar-refractivity contribution in [1.29, 1.82) is 0 Å². The van der Waals surface area contributed by atoms with Gasteiger partial charge in [-0.1, -0.05) is 18.2 Å². The first-order chi connectivity index (χ1) is 15.4. The lowest BCUT2D eigenvalue weighted by Gasteiger charge is -2.33. The molecule has 8 heteroatoms. The highest BCUT2D eigenvalue weighted by Crippen LogP contribution is 2.41. The molecule has 1 saturated heterocycles. The Morgan fingerprint density at radius 2 is 1.81 bits per heavy atom. The Kier molecular flexibility index (Phi) is 5.07. The second kappa shape index (κ2) is 7.93. The predicted molar refractivity (Wildman–Crippen MR) is 111 cm³/mol. The van der Waals surface area contributed by atoms with E-state index in [4.69, 9.17) is 4.74 Å². The van der Waals surface area contributed by atoms with Crippen molar-refractivity contribution in [2.24, 2.45) is 5.92 Å². The number of amides is 1. The molecule has 1 aromatic carbocycles. The Morgan fingerprint density at radius 3 is 2.50 bits per heavy atom. The molecule has 5 nitrogen and oxygen atoms in total. The van der Waals surface area contributed by atoms with E-state index < -0.39 is 11.7 Å². The number of ether oxygens (including phenoxy) is 1. The highest BCUT2D eigenvalue weighted by Gasteiger charge is 2.48. The second-order valence-electron chi connectivity index (χ2n) is 8.18. The van der Waals surface area contributed by atoms with Gasteiger partial charge in [0, 0.05) is 36.8 Å². The molecule has 2 aliphatic rings. The molecular weight excluding hydrogens is 419 g/mol. The molecule has 0 unspecified atom stereocenters. The molecule has 3 atom stereocenters. The van der Waals surface area contributed by atoms with Gasteiger partial charge in [0.25, 0.3) is 5.91 Å². The Bertz CT molecular complexity index is 1120. The molecule has 3 aromatic rings. The zero-order valence-electron chi connectivity index (χ0n) is 17.0. The van der Waals surface area contributed by atoms with Crippen molar-refractivity contribution < 1.29 is 22.7 Å². The Hall–Kier alpha value is -3.42. The third-order valence-electron chi connectivity index (χ3n) is 6.17. The minimum absolute atomic E-state index is 0.0707. The van der Waals surface area contributed by atoms with Crippen LogP contribution in [0.3, 0.4) is 0 Å². The van der Waals surface area contributed by atoms with E-state index in [1.807, 2.05) is 41.3 Å². The summed E-state index contributed by atoms with van der Waals surface area (Å²) in [5.74, 6) is 0.371. The SMILES string of the molecule is O=C(c1ccccc1-c1ccncc1)N1C[C@H]2C[C@@H](Oc3ccc(C(F)(F)F)cn3)[C@@H]1C2. The van der Waals surface area contributed by atoms with E-state index >= 15 is 0 Å². The molecule has 1 aliphatic carbocycles. The van der Waals surface area contributed by atoms with Crippen LogP contribution in [0.2, 0.25) is 0 Å². The zero-order chi connectivity index (χ0) is 22.3. The molecule has 2 aromatic heterocycles. The van der Waals surface area contributed by atoms with Crippen LogP contribution in [-0.2, 0) is 6.18 Å². The number of aromatic nitrogens is 2. The van der Waals surface area contributed by atoms with Crippen LogP contribution in [0.4, 0.5) is 13.2 Å². The number of carbonyl (C=O) groups excluding carboxylic acids is 1. The molecule has 2 fully saturated rings. The quantitative estimate of drug-likeness (QED) is 0.584. The molecule has 5 rings (SSSR count). The van der Waals surface area contributed by atoms with Crippen LogP contribution >= 0.6 is 0 Å². The van der Waals surface area contributed by atoms with Crippen LogP contribution in [0.15, 0.2) is 67.1 Å². The van der Waals surface area contributed by atoms with Gasteiger partial charge < -0.3 is 9.64 Å². The third kappa shape index (κ3) is 3.81. The largest absolute Gasteiger partial charge is 0.472 e. The Morgan fingerprint density at radius 1 is 1.03 bits per heavy atom. The number of piperidine rings is 1. The average molecular weight is 439 g/mol. The standard InChI is InChI=1S/C24H20F3N3O2/c25-24(26,27)17-5-6-22(29-13-17)32-21-12-15-11-20(21)30(14-15)23(31)19-4-2-1-3-18(19)16-7-9-28-10-8-16/h1-10,13,15,20-21H,11-12,14H2/t15-,20+,21-/m1/s1. The van der Waals surface area contributed by atoms with Gasteiger partial charge in [-0.2, -0.15) is 13.2 Å². The first-order valence-electron chi connectivity index (χ1n) is 10.4. The van der Waals surface area contributed by atoms with Gasteiger partial charge in [-0.15, -0.1) is 0 Å². The second-order valence-corrected chi connectivity index (χ2v) is 8.18. The van der Waals surface area contributed by atoms with Crippen molar-refractivity contribution in [3.8, 4) is 17.0 Å². The van der Waals surface area contributed by atoms with Crippen molar-refractivity contribution in [3.05, 3.63) is 78.2 Å². The lowest BCUT2D eigenvalue weighted by Crippen LogP contribution is -2.47. The van der Waals surface area contributed by atoms with E-state index in [0.717, 1.165) is 36.2 Å². The maximum absolute atomic E-state index is 13.5. The summed E-state index contributed by atoms with van der Waals surface area (Å²) in [5, 5.41) is 0. The summed E-state index contributed by atoms with van der Waals surface area (Å²) in [4.78, 5) is 23.2. The molecular formula is C24H20F3N3O2. The fourth-order valence-corrected chi connectivity index (χ4v) is 4.71. The number of halogens is 3. The number of carbonyl (C=O) groups is 1. The predicted octanol–water partition coefficient (Wildman–Crippen LogP) is 4.84. The fraction of sp³-hybridized carbons (Fsp3) is 0.292. The van der Waals surface area contributed by atoms with Crippen LogP contribution in [0.1, 0.15) is 28.8 Å². The van der Waals surface area contributed by atoms with Crippen LogP contribution in [0.25, 0.3) is 11.1 Å². The number of pyridine rings is 2. The molecule has 32 heavy (non-hydrogen) atoms. The number of rotatable bonds is 4. The van der Waals surface area contributed by atoms with Gasteiger partial charge in [-0.3, -0.25) is 9.78 Å². The van der Waals surface area contributed by atoms with Crippen LogP contribution in [0, 0.1) is 5.92 Å². The number of fused-ring (bicyclic) bond motifs is 2. The summed E-state index contributed by atoms with van der Waals surface area (Å²) in [6.45, 7) is 0.647. The van der Waals surface area contributed by atoms with Crippen LogP contribution in [-0.4, -0.2) is 39.5 Å². The summed E-state index contributed by atoms with van der Waals surface area (Å²) in [6.07, 6.45) is 0.984. The van der Waals surface area contributed by atoms with Gasteiger partial charge in [0.1, 0.15) is 6.10 Å². The number of alkyl halides is 3. The molecule has 2 bridgehead atoms. The van der Waals surface area contributed by atoms with Crippen molar-refractivity contribution in [3.63, 3.8) is 0 Å². The molecule has 3 heterocycles. The smallest absolute Gasteiger partial charge is 0.417 e. The van der Waals surface area contributed by atoms with E-state index in [2.05, 4.69) is 9.97 Å². The highest BCUT2D eigenvalue weighted by molar-refractivity contribution is 6.01.